The number of imide groups is 1. The molecule has 1 aliphatic carbocycles. The van der Waals surface area contributed by atoms with Gasteiger partial charge in [-0.1, -0.05) is 43.3 Å². The van der Waals surface area contributed by atoms with Crippen molar-refractivity contribution in [1.82, 2.24) is 4.90 Å². The van der Waals surface area contributed by atoms with Crippen LogP contribution in [0.4, 0.5) is 13.2 Å². The number of carbonyl (C=O) groups is 3. The standard InChI is InChI=1S/C20H20F3NO5/c1-11-14(10-9-13-15(11)17(26)24(2)16(13)25)29-18(27)19(28-3,20(21,22)23)12-7-5-4-6-8-12/h4-11,13-15H,1-3H3/t11-,13+,14-,15-,19+/m0/s1. The Morgan fingerprint density at radius 2 is 1.69 bits per heavy atom. The minimum atomic E-state index is -5.09. The molecule has 2 amide bonds. The molecule has 1 aromatic rings. The Hall–Kier alpha value is -2.68. The molecule has 1 heterocycles. The number of nitrogens with zero attached hydrogens (tertiary/aromatic N) is 1. The van der Waals surface area contributed by atoms with Gasteiger partial charge in [0.05, 0.1) is 11.8 Å². The van der Waals surface area contributed by atoms with Crippen LogP contribution in [0, 0.1) is 17.8 Å². The maximum atomic E-state index is 14.0. The molecule has 0 unspecified atom stereocenters. The number of alkyl halides is 3. The van der Waals surface area contributed by atoms with E-state index in [2.05, 4.69) is 0 Å². The monoisotopic (exact) mass is 411 g/mol. The van der Waals surface area contributed by atoms with E-state index in [1.807, 2.05) is 0 Å². The van der Waals surface area contributed by atoms with E-state index in [1.165, 1.54) is 37.4 Å². The van der Waals surface area contributed by atoms with Crippen molar-refractivity contribution in [2.24, 2.45) is 17.8 Å². The first kappa shape index (κ1) is 21.0. The first-order chi connectivity index (χ1) is 13.6. The molecule has 5 atom stereocenters. The summed E-state index contributed by atoms with van der Waals surface area (Å²) >= 11 is 0. The molecule has 0 radical (unpaired) electrons. The molecule has 0 aromatic heterocycles. The van der Waals surface area contributed by atoms with E-state index in [1.54, 1.807) is 6.92 Å². The molecule has 1 fully saturated rings. The Morgan fingerprint density at radius 1 is 1.07 bits per heavy atom. The number of amides is 2. The van der Waals surface area contributed by atoms with Crippen molar-refractivity contribution < 1.29 is 37.0 Å². The van der Waals surface area contributed by atoms with Crippen LogP contribution in [0.25, 0.3) is 0 Å². The van der Waals surface area contributed by atoms with E-state index >= 15 is 0 Å². The highest BCUT2D eigenvalue weighted by Gasteiger charge is 2.64. The fourth-order valence-corrected chi connectivity index (χ4v) is 3.97. The summed E-state index contributed by atoms with van der Waals surface area (Å²) in [5, 5.41) is 0. The molecular formula is C20H20F3NO5. The van der Waals surface area contributed by atoms with Crippen molar-refractivity contribution >= 4 is 17.8 Å². The van der Waals surface area contributed by atoms with Gasteiger partial charge >= 0.3 is 12.1 Å². The van der Waals surface area contributed by atoms with Gasteiger partial charge in [0, 0.05) is 25.6 Å². The number of carbonyl (C=O) groups excluding carboxylic acids is 3. The van der Waals surface area contributed by atoms with Crippen LogP contribution in [-0.4, -0.2) is 49.1 Å². The Balaban J connectivity index is 1.94. The second-order valence-corrected chi connectivity index (χ2v) is 7.15. The van der Waals surface area contributed by atoms with Gasteiger partial charge in [-0.3, -0.25) is 14.5 Å². The zero-order chi connectivity index (χ0) is 21.6. The van der Waals surface area contributed by atoms with Crippen LogP contribution in [0.2, 0.25) is 0 Å². The first-order valence-electron chi connectivity index (χ1n) is 8.94. The highest BCUT2D eigenvalue weighted by atomic mass is 19.4. The van der Waals surface area contributed by atoms with E-state index < -0.39 is 59.0 Å². The van der Waals surface area contributed by atoms with Crippen LogP contribution in [0.3, 0.4) is 0 Å². The number of fused-ring (bicyclic) bond motifs is 1. The highest BCUT2D eigenvalue weighted by molar-refractivity contribution is 6.06. The molecule has 1 aromatic carbocycles. The number of benzene rings is 1. The Kier molecular flexibility index (Phi) is 5.29. The number of halogens is 3. The second-order valence-electron chi connectivity index (χ2n) is 7.15. The van der Waals surface area contributed by atoms with E-state index in [4.69, 9.17) is 9.47 Å². The third-order valence-electron chi connectivity index (χ3n) is 5.63. The van der Waals surface area contributed by atoms with Crippen LogP contribution in [0.1, 0.15) is 12.5 Å². The quantitative estimate of drug-likeness (QED) is 0.432. The first-order valence-corrected chi connectivity index (χ1v) is 8.94. The van der Waals surface area contributed by atoms with Gasteiger partial charge in [0.25, 0.3) is 5.60 Å². The normalized spacial score (nSPS) is 28.8. The Bertz CT molecular complexity index is 853. The molecule has 0 bridgehead atoms. The Labute approximate surface area is 165 Å². The van der Waals surface area contributed by atoms with E-state index in [9.17, 15) is 27.6 Å². The molecule has 9 heteroatoms. The summed E-state index contributed by atoms with van der Waals surface area (Å²) in [6.07, 6.45) is -3.44. The maximum absolute atomic E-state index is 14.0. The molecule has 3 rings (SSSR count). The summed E-state index contributed by atoms with van der Waals surface area (Å²) in [7, 11) is 2.13. The third-order valence-corrected chi connectivity index (χ3v) is 5.63. The number of hydrogen-bond acceptors (Lipinski definition) is 5. The zero-order valence-electron chi connectivity index (χ0n) is 16.0. The van der Waals surface area contributed by atoms with Crippen LogP contribution in [0.5, 0.6) is 0 Å². The smallest absolute Gasteiger partial charge is 0.432 e. The fraction of sp³-hybridized carbons (Fsp3) is 0.450. The average molecular weight is 411 g/mol. The van der Waals surface area contributed by atoms with Gasteiger partial charge in [-0.05, 0) is 6.08 Å². The van der Waals surface area contributed by atoms with Gasteiger partial charge in [0.2, 0.25) is 11.8 Å². The van der Waals surface area contributed by atoms with E-state index in [0.29, 0.717) is 0 Å². The van der Waals surface area contributed by atoms with Crippen molar-refractivity contribution in [3.8, 4) is 0 Å². The van der Waals surface area contributed by atoms with Gasteiger partial charge in [0.1, 0.15) is 6.10 Å². The van der Waals surface area contributed by atoms with E-state index in [0.717, 1.165) is 24.1 Å². The van der Waals surface area contributed by atoms with Crippen molar-refractivity contribution in [2.45, 2.75) is 24.8 Å². The molecule has 29 heavy (non-hydrogen) atoms. The maximum Gasteiger partial charge on any atom is 0.432 e. The van der Waals surface area contributed by atoms with Gasteiger partial charge in [-0.2, -0.15) is 13.2 Å². The van der Waals surface area contributed by atoms with Gasteiger partial charge in [-0.25, -0.2) is 4.79 Å². The molecule has 6 nitrogen and oxygen atoms in total. The molecule has 0 spiro atoms. The molecule has 1 saturated heterocycles. The lowest BCUT2D eigenvalue weighted by atomic mass is 9.76. The van der Waals surface area contributed by atoms with Gasteiger partial charge in [0.15, 0.2) is 0 Å². The van der Waals surface area contributed by atoms with Gasteiger partial charge < -0.3 is 9.47 Å². The van der Waals surface area contributed by atoms with Crippen LogP contribution < -0.4 is 0 Å². The summed E-state index contributed by atoms with van der Waals surface area (Å²) in [5.41, 5.74) is -3.73. The van der Waals surface area contributed by atoms with Crippen LogP contribution >= 0.6 is 0 Å². The molecule has 0 saturated carbocycles. The van der Waals surface area contributed by atoms with Gasteiger partial charge in [-0.15, -0.1) is 0 Å². The average Bonchev–Trinajstić information content (AvgIpc) is 2.89. The predicted octanol–water partition coefficient (Wildman–Crippen LogP) is 2.44. The zero-order valence-corrected chi connectivity index (χ0v) is 16.0. The van der Waals surface area contributed by atoms with Crippen molar-refractivity contribution in [2.75, 3.05) is 14.2 Å². The summed E-state index contributed by atoms with van der Waals surface area (Å²) in [6.45, 7) is 1.56. The molecule has 1 aliphatic heterocycles. The lowest BCUT2D eigenvalue weighted by Gasteiger charge is -2.36. The predicted molar refractivity (Wildman–Crippen MR) is 94.1 cm³/mol. The summed E-state index contributed by atoms with van der Waals surface area (Å²) < 4.78 is 51.9. The molecular weight excluding hydrogens is 391 g/mol. The van der Waals surface area contributed by atoms with Crippen molar-refractivity contribution in [1.29, 1.82) is 0 Å². The minimum absolute atomic E-state index is 0.390. The lowest BCUT2D eigenvalue weighted by Crippen LogP contribution is -2.53. The number of likely N-dealkylation sites (tertiary alicyclic amines) is 1. The van der Waals surface area contributed by atoms with Crippen molar-refractivity contribution in [3.63, 3.8) is 0 Å². The Morgan fingerprint density at radius 3 is 2.24 bits per heavy atom. The van der Waals surface area contributed by atoms with E-state index in [-0.39, 0.29) is 0 Å². The van der Waals surface area contributed by atoms with Crippen molar-refractivity contribution in [3.05, 3.63) is 48.0 Å². The summed E-state index contributed by atoms with van der Waals surface area (Å²) in [6, 6.07) is 6.48. The number of esters is 1. The van der Waals surface area contributed by atoms with Crippen LogP contribution in [-0.2, 0) is 29.5 Å². The number of methoxy groups -OCH3 is 1. The fourth-order valence-electron chi connectivity index (χ4n) is 3.97. The third kappa shape index (κ3) is 3.13. The number of ether oxygens (including phenoxy) is 2. The molecule has 2 aliphatic rings. The number of rotatable bonds is 4. The minimum Gasteiger partial charge on any atom is -0.455 e. The lowest BCUT2D eigenvalue weighted by molar-refractivity contribution is -0.278. The summed E-state index contributed by atoms with van der Waals surface area (Å²) in [4.78, 5) is 38.3. The number of hydrogen-bond donors (Lipinski definition) is 0. The second kappa shape index (κ2) is 7.29. The highest BCUT2D eigenvalue weighted by Crippen LogP contribution is 2.45. The topological polar surface area (TPSA) is 72.9 Å². The molecule has 156 valence electrons. The molecule has 0 N–H and O–H groups in total. The largest absolute Gasteiger partial charge is 0.455 e. The van der Waals surface area contributed by atoms with Crippen LogP contribution in [0.15, 0.2) is 42.5 Å². The summed E-state index contributed by atoms with van der Waals surface area (Å²) in [5.74, 6) is -4.66. The SMILES string of the molecule is CO[C@@](C(=O)O[C@H]1C=C[C@H]2C(=O)N(C)C(=O)[C@H]2[C@H]1C)(c1ccccc1)C(F)(F)F.